The molecule has 5 rings (SSSR count). The molecular weight excluding hydrogens is 390 g/mol. The van der Waals surface area contributed by atoms with Gasteiger partial charge < -0.3 is 9.84 Å². The Hall–Kier alpha value is -2.70. The van der Waals surface area contributed by atoms with Crippen molar-refractivity contribution in [1.29, 1.82) is 0 Å². The summed E-state index contributed by atoms with van der Waals surface area (Å²) < 4.78 is 6.76. The summed E-state index contributed by atoms with van der Waals surface area (Å²) in [7, 11) is 1.69. The van der Waals surface area contributed by atoms with Crippen molar-refractivity contribution in [2.75, 3.05) is 7.11 Å². The Kier molecular flexibility index (Phi) is 5.07. The highest BCUT2D eigenvalue weighted by Crippen LogP contribution is 2.42. The molecule has 0 spiro atoms. The first-order valence-electron chi connectivity index (χ1n) is 11.0. The molecule has 6 heteroatoms. The van der Waals surface area contributed by atoms with Crippen LogP contribution >= 0.6 is 0 Å². The number of ether oxygens (including phenoxy) is 1. The smallest absolute Gasteiger partial charge is 0.266 e. The molecule has 2 aliphatic heterocycles. The average molecular weight is 420 g/mol. The molecule has 31 heavy (non-hydrogen) atoms. The number of fused-ring (bicyclic) bond motifs is 3. The van der Waals surface area contributed by atoms with Crippen molar-refractivity contribution in [2.45, 2.75) is 63.4 Å². The Morgan fingerprint density at radius 2 is 1.77 bits per heavy atom. The van der Waals surface area contributed by atoms with Crippen molar-refractivity contribution < 1.29 is 9.84 Å². The highest BCUT2D eigenvalue weighted by Gasteiger charge is 2.47. The van der Waals surface area contributed by atoms with Gasteiger partial charge in [0, 0.05) is 24.7 Å². The van der Waals surface area contributed by atoms with E-state index in [0.717, 1.165) is 30.8 Å². The lowest BCUT2D eigenvalue weighted by Gasteiger charge is -2.43. The molecule has 2 saturated heterocycles. The van der Waals surface area contributed by atoms with Crippen molar-refractivity contribution in [3.63, 3.8) is 0 Å². The lowest BCUT2D eigenvalue weighted by Crippen LogP contribution is -2.53. The van der Waals surface area contributed by atoms with E-state index >= 15 is 0 Å². The van der Waals surface area contributed by atoms with Crippen LogP contribution in [0.1, 0.15) is 36.9 Å². The monoisotopic (exact) mass is 419 g/mol. The van der Waals surface area contributed by atoms with Crippen LogP contribution in [0.4, 0.5) is 0 Å². The number of aliphatic hydroxyl groups is 1. The quantitative estimate of drug-likeness (QED) is 0.688. The molecule has 2 atom stereocenters. The Morgan fingerprint density at radius 3 is 2.52 bits per heavy atom. The van der Waals surface area contributed by atoms with Crippen LogP contribution in [0.2, 0.25) is 0 Å². The molecule has 2 unspecified atom stereocenters. The molecule has 162 valence electrons. The van der Waals surface area contributed by atoms with E-state index in [-0.39, 0.29) is 12.1 Å². The molecule has 1 aromatic heterocycles. The Labute approximate surface area is 182 Å². The third kappa shape index (κ3) is 3.98. The summed E-state index contributed by atoms with van der Waals surface area (Å²) in [5.41, 5.74) is 1.04. The van der Waals surface area contributed by atoms with Gasteiger partial charge in [0.15, 0.2) is 0 Å². The largest absolute Gasteiger partial charge is 0.497 e. The van der Waals surface area contributed by atoms with E-state index in [4.69, 9.17) is 4.74 Å². The predicted molar refractivity (Wildman–Crippen MR) is 120 cm³/mol. The molecule has 0 saturated carbocycles. The van der Waals surface area contributed by atoms with Gasteiger partial charge in [-0.15, -0.1) is 0 Å². The SMILES string of the molecule is COc1ccc2cc(CN3C4CCC3CC(O)(Cn3nc(C)ccc3=O)C4)ccc2c1. The van der Waals surface area contributed by atoms with Gasteiger partial charge in [0.1, 0.15) is 5.75 Å². The molecule has 3 heterocycles. The summed E-state index contributed by atoms with van der Waals surface area (Å²) >= 11 is 0. The van der Waals surface area contributed by atoms with Crippen LogP contribution in [0.5, 0.6) is 5.75 Å². The molecule has 0 aliphatic carbocycles. The second-order valence-corrected chi connectivity index (χ2v) is 9.21. The van der Waals surface area contributed by atoms with Gasteiger partial charge in [-0.05, 0) is 73.2 Å². The normalized spacial score (nSPS) is 25.8. The number of hydrogen-bond acceptors (Lipinski definition) is 5. The zero-order valence-corrected chi connectivity index (χ0v) is 18.1. The van der Waals surface area contributed by atoms with Crippen LogP contribution in [0.15, 0.2) is 53.3 Å². The predicted octanol–water partition coefficient (Wildman–Crippen LogP) is 3.27. The fourth-order valence-corrected chi connectivity index (χ4v) is 5.45. The van der Waals surface area contributed by atoms with Gasteiger partial charge in [0.2, 0.25) is 0 Å². The fourth-order valence-electron chi connectivity index (χ4n) is 5.45. The van der Waals surface area contributed by atoms with Gasteiger partial charge in [-0.2, -0.15) is 5.10 Å². The maximum Gasteiger partial charge on any atom is 0.266 e. The summed E-state index contributed by atoms with van der Waals surface area (Å²) in [6.07, 6.45) is 3.54. The topological polar surface area (TPSA) is 67.6 Å². The van der Waals surface area contributed by atoms with Gasteiger partial charge in [-0.3, -0.25) is 9.69 Å². The Morgan fingerprint density at radius 1 is 1.06 bits per heavy atom. The van der Waals surface area contributed by atoms with Crippen LogP contribution in [0.3, 0.4) is 0 Å². The molecule has 0 amide bonds. The standard InChI is InChI=1S/C25H29N3O3/c1-17-3-10-24(29)28(26-17)16-25(30)13-21-7-8-22(14-25)27(21)15-18-4-5-20-12-23(31-2)9-6-19(20)11-18/h3-6,9-12,21-22,30H,7-8,13-16H2,1-2H3. The summed E-state index contributed by atoms with van der Waals surface area (Å²) in [6.45, 7) is 3.02. The molecule has 2 bridgehead atoms. The first-order chi connectivity index (χ1) is 14.9. The maximum absolute atomic E-state index is 12.2. The summed E-state index contributed by atoms with van der Waals surface area (Å²) in [5, 5.41) is 18.1. The zero-order valence-electron chi connectivity index (χ0n) is 18.1. The second-order valence-electron chi connectivity index (χ2n) is 9.21. The molecule has 1 N–H and O–H groups in total. The lowest BCUT2D eigenvalue weighted by atomic mass is 9.85. The maximum atomic E-state index is 12.2. The van der Waals surface area contributed by atoms with Gasteiger partial charge in [-0.1, -0.05) is 18.2 Å². The highest BCUT2D eigenvalue weighted by atomic mass is 16.5. The van der Waals surface area contributed by atoms with Gasteiger partial charge in [-0.25, -0.2) is 4.68 Å². The summed E-state index contributed by atoms with van der Waals surface area (Å²) in [6, 6.07) is 16.7. The molecular formula is C25H29N3O3. The lowest BCUT2D eigenvalue weighted by molar-refractivity contribution is -0.0677. The number of rotatable bonds is 5. The molecule has 3 aromatic rings. The van der Waals surface area contributed by atoms with E-state index in [0.29, 0.717) is 24.9 Å². The molecule has 0 radical (unpaired) electrons. The first kappa shape index (κ1) is 20.2. The number of piperidine rings is 1. The van der Waals surface area contributed by atoms with E-state index in [1.807, 2.05) is 13.0 Å². The number of nitrogens with zero attached hydrogens (tertiary/aromatic N) is 3. The van der Waals surface area contributed by atoms with Gasteiger partial charge in [0.25, 0.3) is 5.56 Å². The molecule has 2 fully saturated rings. The number of aromatic nitrogens is 2. The number of benzene rings is 2. The van der Waals surface area contributed by atoms with Crippen LogP contribution in [-0.4, -0.2) is 44.6 Å². The van der Waals surface area contributed by atoms with E-state index in [1.165, 1.54) is 27.1 Å². The van der Waals surface area contributed by atoms with Crippen LogP contribution in [0, 0.1) is 6.92 Å². The third-order valence-electron chi connectivity index (χ3n) is 6.92. The molecule has 2 aliphatic rings. The summed E-state index contributed by atoms with van der Waals surface area (Å²) in [5.74, 6) is 0.871. The number of aryl methyl sites for hydroxylation is 1. The van der Waals surface area contributed by atoms with E-state index in [9.17, 15) is 9.90 Å². The van der Waals surface area contributed by atoms with Crippen LogP contribution < -0.4 is 10.3 Å². The first-order valence-corrected chi connectivity index (χ1v) is 11.0. The van der Waals surface area contributed by atoms with Crippen molar-refractivity contribution in [2.24, 2.45) is 0 Å². The fraction of sp³-hybridized carbons (Fsp3) is 0.440. The van der Waals surface area contributed by atoms with Crippen molar-refractivity contribution in [1.82, 2.24) is 14.7 Å². The Bertz CT molecular complexity index is 1160. The average Bonchev–Trinajstić information content (AvgIpc) is 3.00. The minimum absolute atomic E-state index is 0.151. The van der Waals surface area contributed by atoms with E-state index < -0.39 is 5.60 Å². The number of hydrogen-bond donors (Lipinski definition) is 1. The van der Waals surface area contributed by atoms with Crippen LogP contribution in [-0.2, 0) is 13.1 Å². The van der Waals surface area contributed by atoms with E-state index in [2.05, 4.69) is 40.3 Å². The Balaban J connectivity index is 1.32. The highest BCUT2D eigenvalue weighted by molar-refractivity contribution is 5.84. The van der Waals surface area contributed by atoms with Crippen molar-refractivity contribution in [3.05, 3.63) is 70.1 Å². The minimum Gasteiger partial charge on any atom is -0.497 e. The molecule has 6 nitrogen and oxygen atoms in total. The number of methoxy groups -OCH3 is 1. The third-order valence-corrected chi connectivity index (χ3v) is 6.92. The van der Waals surface area contributed by atoms with Gasteiger partial charge >= 0.3 is 0 Å². The zero-order chi connectivity index (χ0) is 21.6. The van der Waals surface area contributed by atoms with E-state index in [1.54, 1.807) is 13.2 Å². The summed E-state index contributed by atoms with van der Waals surface area (Å²) in [4.78, 5) is 14.7. The molecule has 2 aromatic carbocycles. The van der Waals surface area contributed by atoms with Crippen LogP contribution in [0.25, 0.3) is 10.8 Å². The van der Waals surface area contributed by atoms with Crippen molar-refractivity contribution >= 4 is 10.8 Å². The second kappa shape index (κ2) is 7.77. The van der Waals surface area contributed by atoms with Gasteiger partial charge in [0.05, 0.1) is 24.9 Å². The van der Waals surface area contributed by atoms with Crippen molar-refractivity contribution in [3.8, 4) is 5.75 Å². The minimum atomic E-state index is -0.882.